The summed E-state index contributed by atoms with van der Waals surface area (Å²) in [7, 11) is -0.646. The number of nitrogens with one attached hydrogen (secondary N) is 1. The van der Waals surface area contributed by atoms with E-state index in [1.54, 1.807) is 25.3 Å². The second kappa shape index (κ2) is 10.3. The number of aromatic nitrogens is 3. The summed E-state index contributed by atoms with van der Waals surface area (Å²) in [6, 6.07) is 8.81. The Morgan fingerprint density at radius 1 is 1.24 bits per heavy atom. The molecule has 11 heteroatoms. The molecule has 37 heavy (non-hydrogen) atoms. The lowest BCUT2D eigenvalue weighted by atomic mass is 9.84. The van der Waals surface area contributed by atoms with Crippen molar-refractivity contribution in [1.29, 1.82) is 0 Å². The van der Waals surface area contributed by atoms with Crippen molar-refractivity contribution in [2.75, 3.05) is 25.2 Å². The van der Waals surface area contributed by atoms with Crippen LogP contribution in [0.4, 0.5) is 5.69 Å². The Morgan fingerprint density at radius 3 is 2.70 bits per heavy atom. The van der Waals surface area contributed by atoms with Gasteiger partial charge in [0, 0.05) is 25.8 Å². The Bertz CT molecular complexity index is 1380. The highest BCUT2D eigenvalue weighted by atomic mass is 32.2. The molecule has 2 heterocycles. The molecule has 2 aromatic heterocycles. The third kappa shape index (κ3) is 5.08. The number of carbonyl (C=O) groups is 1. The minimum atomic E-state index is -3.62. The van der Waals surface area contributed by atoms with Gasteiger partial charge < -0.3 is 9.73 Å². The zero-order valence-corrected chi connectivity index (χ0v) is 23.2. The van der Waals surface area contributed by atoms with E-state index in [0.717, 1.165) is 16.1 Å². The van der Waals surface area contributed by atoms with Gasteiger partial charge in [-0.05, 0) is 80.7 Å². The molecule has 9 nitrogen and oxygen atoms in total. The van der Waals surface area contributed by atoms with Crippen LogP contribution in [0, 0.1) is 24.7 Å². The Kier molecular flexibility index (Phi) is 7.21. The fourth-order valence-electron chi connectivity index (χ4n) is 5.87. The largest absolute Gasteiger partial charge is 0.461 e. The number of hydrogen-bond donors (Lipinski definition) is 1. The van der Waals surface area contributed by atoms with Crippen LogP contribution >= 0.6 is 11.8 Å². The average molecular weight is 544 g/mol. The van der Waals surface area contributed by atoms with Crippen molar-refractivity contribution in [2.45, 2.75) is 55.6 Å². The van der Waals surface area contributed by atoms with Gasteiger partial charge in [0.2, 0.25) is 21.8 Å². The van der Waals surface area contributed by atoms with Gasteiger partial charge in [-0.2, -0.15) is 0 Å². The van der Waals surface area contributed by atoms with Crippen LogP contribution in [0.25, 0.3) is 11.6 Å². The molecule has 1 N–H and O–H groups in total. The number of amides is 1. The molecule has 0 saturated heterocycles. The van der Waals surface area contributed by atoms with Crippen molar-refractivity contribution >= 4 is 33.4 Å². The minimum Gasteiger partial charge on any atom is -0.461 e. The first-order valence-corrected chi connectivity index (χ1v) is 15.0. The Hall–Kier alpha value is -2.63. The SMILES string of the molecule is Cc1ccc(NC(=O)CSc2nnc(-c3ccco3)n2[C@@H](C)[C@H]2C[C@@H]3CC[C@@H]2C3)cc1S(=O)(=O)N(C)C. The Balaban J connectivity index is 1.33. The number of hydrogen-bond acceptors (Lipinski definition) is 7. The number of nitrogens with zero attached hydrogens (tertiary/aromatic N) is 4. The predicted molar refractivity (Wildman–Crippen MR) is 143 cm³/mol. The highest BCUT2D eigenvalue weighted by Gasteiger charge is 2.43. The zero-order chi connectivity index (χ0) is 26.3. The molecule has 0 aliphatic heterocycles. The first-order valence-electron chi connectivity index (χ1n) is 12.6. The number of thioether (sulfide) groups is 1. The highest BCUT2D eigenvalue weighted by Crippen LogP contribution is 2.53. The van der Waals surface area contributed by atoms with Gasteiger partial charge in [0.25, 0.3) is 0 Å². The summed E-state index contributed by atoms with van der Waals surface area (Å²) in [4.78, 5) is 13.0. The van der Waals surface area contributed by atoms with Crippen LogP contribution in [-0.2, 0) is 14.8 Å². The lowest BCUT2D eigenvalue weighted by molar-refractivity contribution is -0.113. The molecular formula is C26H33N5O4S2. The van der Waals surface area contributed by atoms with Gasteiger partial charge in [0.05, 0.1) is 16.9 Å². The third-order valence-electron chi connectivity index (χ3n) is 7.79. The quantitative estimate of drug-likeness (QED) is 0.385. The van der Waals surface area contributed by atoms with Crippen LogP contribution in [-0.4, -0.2) is 53.2 Å². The fraction of sp³-hybridized carbons (Fsp3) is 0.500. The van der Waals surface area contributed by atoms with Crippen molar-refractivity contribution in [3.8, 4) is 11.6 Å². The number of benzene rings is 1. The summed E-state index contributed by atoms with van der Waals surface area (Å²) in [5.41, 5.74) is 1.05. The monoisotopic (exact) mass is 543 g/mol. The fourth-order valence-corrected chi connectivity index (χ4v) is 7.84. The van der Waals surface area contributed by atoms with E-state index in [0.29, 0.717) is 33.9 Å². The standard InChI is InChI=1S/C26H33N5O4S2/c1-16-7-10-20(14-23(16)37(33,34)30(3)4)27-24(32)15-36-26-29-28-25(22-6-5-11-35-22)31(26)17(2)21-13-18-8-9-19(21)12-18/h5-7,10-11,14,17-19,21H,8-9,12-13,15H2,1-4H3,(H,27,32)/t17-,18+,19+,21+/m0/s1. The average Bonchev–Trinajstić information content (AvgIpc) is 3.67. The maximum Gasteiger partial charge on any atom is 0.242 e. The number of fused-ring (bicyclic) bond motifs is 2. The third-order valence-corrected chi connectivity index (χ3v) is 10.7. The Labute approximate surface area is 222 Å². The van der Waals surface area contributed by atoms with Crippen molar-refractivity contribution in [3.63, 3.8) is 0 Å². The van der Waals surface area contributed by atoms with Crippen LogP contribution in [0.5, 0.6) is 0 Å². The lowest BCUT2D eigenvalue weighted by Gasteiger charge is -2.30. The van der Waals surface area contributed by atoms with Gasteiger partial charge in [-0.15, -0.1) is 10.2 Å². The number of aryl methyl sites for hydroxylation is 1. The van der Waals surface area contributed by atoms with Crippen molar-refractivity contribution in [1.82, 2.24) is 19.1 Å². The first kappa shape index (κ1) is 26.0. The van der Waals surface area contributed by atoms with E-state index in [9.17, 15) is 13.2 Å². The summed E-state index contributed by atoms with van der Waals surface area (Å²) in [5, 5.41) is 12.4. The molecule has 3 aromatic rings. The van der Waals surface area contributed by atoms with Crippen LogP contribution < -0.4 is 5.32 Å². The minimum absolute atomic E-state index is 0.114. The molecule has 1 amide bonds. The molecular weight excluding hydrogens is 510 g/mol. The number of carbonyl (C=O) groups excluding carboxylic acids is 1. The maximum atomic E-state index is 12.9. The van der Waals surface area contributed by atoms with Gasteiger partial charge in [-0.25, -0.2) is 12.7 Å². The highest BCUT2D eigenvalue weighted by molar-refractivity contribution is 7.99. The first-order chi connectivity index (χ1) is 17.6. The molecule has 0 radical (unpaired) electrons. The van der Waals surface area contributed by atoms with E-state index in [1.165, 1.54) is 57.6 Å². The van der Waals surface area contributed by atoms with E-state index in [4.69, 9.17) is 4.42 Å². The van der Waals surface area contributed by atoms with Gasteiger partial charge in [-0.3, -0.25) is 9.36 Å². The number of furan rings is 1. The van der Waals surface area contributed by atoms with Gasteiger partial charge in [0.1, 0.15) is 0 Å². The van der Waals surface area contributed by atoms with Crippen LogP contribution in [0.1, 0.15) is 44.2 Å². The second-order valence-electron chi connectivity index (χ2n) is 10.3. The van der Waals surface area contributed by atoms with Crippen LogP contribution in [0.15, 0.2) is 51.1 Å². The van der Waals surface area contributed by atoms with E-state index in [2.05, 4.69) is 27.0 Å². The summed E-state index contributed by atoms with van der Waals surface area (Å²) < 4.78 is 34.2. The van der Waals surface area contributed by atoms with Crippen molar-refractivity contribution < 1.29 is 17.6 Å². The van der Waals surface area contributed by atoms with Crippen LogP contribution in [0.3, 0.4) is 0 Å². The lowest BCUT2D eigenvalue weighted by Crippen LogP contribution is -2.24. The maximum absolute atomic E-state index is 12.9. The normalized spacial score (nSPS) is 22.0. The molecule has 1 aromatic carbocycles. The van der Waals surface area contributed by atoms with Gasteiger partial charge >= 0.3 is 0 Å². The van der Waals surface area contributed by atoms with E-state index >= 15 is 0 Å². The number of rotatable bonds is 9. The molecule has 4 atom stereocenters. The molecule has 2 fully saturated rings. The molecule has 2 aliphatic carbocycles. The van der Waals surface area contributed by atoms with E-state index in [1.807, 2.05) is 12.1 Å². The van der Waals surface area contributed by atoms with Gasteiger partial charge in [0.15, 0.2) is 10.9 Å². The summed E-state index contributed by atoms with van der Waals surface area (Å²) in [6.45, 7) is 3.96. The molecule has 198 valence electrons. The molecule has 2 bridgehead atoms. The molecule has 0 spiro atoms. The Morgan fingerprint density at radius 2 is 2.05 bits per heavy atom. The van der Waals surface area contributed by atoms with Gasteiger partial charge in [-0.1, -0.05) is 24.2 Å². The van der Waals surface area contributed by atoms with Crippen molar-refractivity contribution in [3.05, 3.63) is 42.2 Å². The number of anilines is 1. The zero-order valence-electron chi connectivity index (χ0n) is 21.5. The molecule has 0 unspecified atom stereocenters. The summed E-state index contributed by atoms with van der Waals surface area (Å²) >= 11 is 1.33. The second-order valence-corrected chi connectivity index (χ2v) is 13.4. The van der Waals surface area contributed by atoms with Crippen LogP contribution in [0.2, 0.25) is 0 Å². The molecule has 2 saturated carbocycles. The summed E-state index contributed by atoms with van der Waals surface area (Å²) in [6.07, 6.45) is 6.77. The van der Waals surface area contributed by atoms with E-state index < -0.39 is 10.0 Å². The van der Waals surface area contributed by atoms with E-state index in [-0.39, 0.29) is 22.6 Å². The number of sulfonamides is 1. The predicted octanol–water partition coefficient (Wildman–Crippen LogP) is 4.82. The summed E-state index contributed by atoms with van der Waals surface area (Å²) in [5.74, 6) is 3.31. The molecule has 5 rings (SSSR count). The molecule has 2 aliphatic rings. The smallest absolute Gasteiger partial charge is 0.242 e. The van der Waals surface area contributed by atoms with Crippen molar-refractivity contribution in [2.24, 2.45) is 17.8 Å². The topological polar surface area (TPSA) is 110 Å².